The minimum absolute atomic E-state index is 0.262. The average Bonchev–Trinajstić information content (AvgIpc) is 3.32. The molecule has 0 aliphatic heterocycles. The van der Waals surface area contributed by atoms with Gasteiger partial charge in [-0.3, -0.25) is 4.98 Å². The van der Waals surface area contributed by atoms with Crippen LogP contribution in [0, 0.1) is 5.92 Å². The van der Waals surface area contributed by atoms with E-state index in [1.165, 1.54) is 0 Å². The Morgan fingerprint density at radius 1 is 1.34 bits per heavy atom. The van der Waals surface area contributed by atoms with Gasteiger partial charge in [-0.1, -0.05) is 6.92 Å². The normalized spacial score (nSPS) is 20.9. The maximum absolute atomic E-state index is 11.5. The Morgan fingerprint density at radius 2 is 2.10 bits per heavy atom. The molecule has 0 spiro atoms. The lowest BCUT2D eigenvalue weighted by molar-refractivity contribution is 0.126. The molecule has 8 heteroatoms. The number of aliphatic hydroxyl groups excluding tert-OH is 1. The number of thiophene rings is 1. The van der Waals surface area contributed by atoms with E-state index in [2.05, 4.69) is 9.55 Å². The van der Waals surface area contributed by atoms with Crippen molar-refractivity contribution in [3.05, 3.63) is 23.5 Å². The summed E-state index contributed by atoms with van der Waals surface area (Å²) in [7, 11) is 0. The number of carboxylic acid groups (broad SMARTS) is 1. The van der Waals surface area contributed by atoms with Crippen molar-refractivity contribution in [1.29, 1.82) is 0 Å². The second-order valence-electron chi connectivity index (χ2n) is 8.05. The van der Waals surface area contributed by atoms with Crippen molar-refractivity contribution < 1.29 is 15.0 Å². The van der Waals surface area contributed by atoms with Gasteiger partial charge >= 0.3 is 6.09 Å². The maximum Gasteiger partial charge on any atom is 0.407 e. The quantitative estimate of drug-likeness (QED) is 0.601. The van der Waals surface area contributed by atoms with E-state index < -0.39 is 12.2 Å². The number of aliphatic hydroxyl groups is 1. The van der Waals surface area contributed by atoms with Gasteiger partial charge in [0.15, 0.2) is 0 Å². The van der Waals surface area contributed by atoms with Crippen LogP contribution in [0.2, 0.25) is 0 Å². The summed E-state index contributed by atoms with van der Waals surface area (Å²) in [5.74, 6) is 1.09. The summed E-state index contributed by atoms with van der Waals surface area (Å²) >= 11 is 1.66. The maximum atomic E-state index is 11.5. The molecule has 29 heavy (non-hydrogen) atoms. The molecule has 4 rings (SSSR count). The molecule has 156 valence electrons. The Balaban J connectivity index is 1.60. The molecule has 1 atom stereocenters. The summed E-state index contributed by atoms with van der Waals surface area (Å²) in [5, 5.41) is 21.8. The van der Waals surface area contributed by atoms with Gasteiger partial charge in [0, 0.05) is 19.1 Å². The van der Waals surface area contributed by atoms with Crippen LogP contribution >= 0.6 is 11.3 Å². The number of carbonyl (C=O) groups is 1. The number of hydrogen-bond acceptors (Lipinski definition) is 5. The number of imidazole rings is 1. The molecule has 3 aromatic rings. The van der Waals surface area contributed by atoms with E-state index in [-0.39, 0.29) is 6.04 Å². The van der Waals surface area contributed by atoms with Crippen molar-refractivity contribution in [2.24, 2.45) is 5.92 Å². The number of amides is 1. The lowest BCUT2D eigenvalue weighted by atomic mass is 9.85. The van der Waals surface area contributed by atoms with Gasteiger partial charge in [-0.25, -0.2) is 9.78 Å². The number of hydrogen-bond donors (Lipinski definition) is 2. The van der Waals surface area contributed by atoms with E-state index >= 15 is 0 Å². The zero-order valence-corrected chi connectivity index (χ0v) is 17.7. The number of fused-ring (bicyclic) bond motifs is 3. The second-order valence-corrected chi connectivity index (χ2v) is 8.96. The Kier molecular flexibility index (Phi) is 5.74. The van der Waals surface area contributed by atoms with Crippen LogP contribution in [0.25, 0.3) is 21.3 Å². The van der Waals surface area contributed by atoms with Gasteiger partial charge in [-0.2, -0.15) is 0 Å². The highest BCUT2D eigenvalue weighted by atomic mass is 32.1. The molecule has 0 unspecified atom stereocenters. The molecule has 3 heterocycles. The lowest BCUT2D eigenvalue weighted by Crippen LogP contribution is -2.36. The summed E-state index contributed by atoms with van der Waals surface area (Å²) < 4.78 is 3.35. The fourth-order valence-electron chi connectivity index (χ4n) is 4.59. The standard InChI is InChI=1S/C21H28N4O3S/c1-3-9-24(21(27)28)12-14-4-6-15(7-5-14)25-18-17(23-20(25)13(2)26)11-22-16-8-10-29-19(16)18/h8,10-11,13-15,26H,3-7,9,12H2,1-2H3,(H,27,28)/t13-,14?,15?/m1/s1. The first-order valence-corrected chi connectivity index (χ1v) is 11.3. The molecule has 0 saturated heterocycles. The molecular weight excluding hydrogens is 388 g/mol. The van der Waals surface area contributed by atoms with Gasteiger partial charge in [0.05, 0.1) is 21.9 Å². The Labute approximate surface area is 174 Å². The number of nitrogens with zero attached hydrogens (tertiary/aromatic N) is 4. The first kappa shape index (κ1) is 20.1. The summed E-state index contributed by atoms with van der Waals surface area (Å²) in [6.07, 6.45) is 5.06. The highest BCUT2D eigenvalue weighted by Gasteiger charge is 2.29. The number of rotatable bonds is 6. The van der Waals surface area contributed by atoms with Crippen molar-refractivity contribution in [2.75, 3.05) is 13.1 Å². The van der Waals surface area contributed by atoms with Gasteiger partial charge in [0.2, 0.25) is 0 Å². The van der Waals surface area contributed by atoms with Gasteiger partial charge in [0.25, 0.3) is 0 Å². The fourth-order valence-corrected chi connectivity index (χ4v) is 5.48. The molecular formula is C21H28N4O3S. The average molecular weight is 417 g/mol. The first-order chi connectivity index (χ1) is 14.0. The van der Waals surface area contributed by atoms with Crippen LogP contribution in [0.3, 0.4) is 0 Å². The molecule has 1 aliphatic rings. The van der Waals surface area contributed by atoms with E-state index in [0.29, 0.717) is 24.8 Å². The van der Waals surface area contributed by atoms with E-state index in [0.717, 1.165) is 53.4 Å². The van der Waals surface area contributed by atoms with Crippen LogP contribution in [0.4, 0.5) is 4.79 Å². The third kappa shape index (κ3) is 3.83. The van der Waals surface area contributed by atoms with E-state index in [1.807, 2.05) is 18.4 Å². The Hall–Kier alpha value is -2.19. The molecule has 3 aromatic heterocycles. The van der Waals surface area contributed by atoms with Crippen molar-refractivity contribution in [2.45, 2.75) is 58.1 Å². The predicted octanol–water partition coefficient (Wildman–Crippen LogP) is 4.82. The highest BCUT2D eigenvalue weighted by molar-refractivity contribution is 7.18. The van der Waals surface area contributed by atoms with Crippen LogP contribution in [0.5, 0.6) is 0 Å². The van der Waals surface area contributed by atoms with Crippen LogP contribution in [0.15, 0.2) is 17.6 Å². The van der Waals surface area contributed by atoms with Crippen LogP contribution in [0.1, 0.15) is 63.9 Å². The minimum atomic E-state index is -0.821. The summed E-state index contributed by atoms with van der Waals surface area (Å²) in [4.78, 5) is 22.2. The van der Waals surface area contributed by atoms with Crippen LogP contribution in [-0.2, 0) is 0 Å². The van der Waals surface area contributed by atoms with E-state index in [9.17, 15) is 15.0 Å². The van der Waals surface area contributed by atoms with Gasteiger partial charge in [-0.15, -0.1) is 11.3 Å². The molecule has 1 aliphatic carbocycles. The van der Waals surface area contributed by atoms with Crippen molar-refractivity contribution in [3.8, 4) is 0 Å². The molecule has 0 aromatic carbocycles. The Morgan fingerprint density at radius 3 is 2.76 bits per heavy atom. The molecule has 1 amide bonds. The molecule has 1 saturated carbocycles. The van der Waals surface area contributed by atoms with Gasteiger partial charge in [-0.05, 0) is 56.4 Å². The van der Waals surface area contributed by atoms with E-state index in [1.54, 1.807) is 29.4 Å². The zero-order chi connectivity index (χ0) is 20.5. The third-order valence-electron chi connectivity index (χ3n) is 5.95. The molecule has 0 bridgehead atoms. The monoisotopic (exact) mass is 416 g/mol. The zero-order valence-electron chi connectivity index (χ0n) is 16.9. The van der Waals surface area contributed by atoms with Gasteiger partial charge < -0.3 is 19.7 Å². The molecule has 2 N–H and O–H groups in total. The molecule has 7 nitrogen and oxygen atoms in total. The molecule has 1 fully saturated rings. The minimum Gasteiger partial charge on any atom is -0.465 e. The van der Waals surface area contributed by atoms with Crippen molar-refractivity contribution in [1.82, 2.24) is 19.4 Å². The topological polar surface area (TPSA) is 91.5 Å². The summed E-state index contributed by atoms with van der Waals surface area (Å²) in [6.45, 7) is 4.98. The fraction of sp³-hybridized carbons (Fsp3) is 0.571. The first-order valence-electron chi connectivity index (χ1n) is 10.4. The largest absolute Gasteiger partial charge is 0.465 e. The molecule has 0 radical (unpaired) electrons. The summed E-state index contributed by atoms with van der Waals surface area (Å²) in [6, 6.07) is 2.28. The lowest BCUT2D eigenvalue weighted by Gasteiger charge is -2.33. The van der Waals surface area contributed by atoms with Crippen molar-refractivity contribution in [3.63, 3.8) is 0 Å². The number of aromatic nitrogens is 3. The van der Waals surface area contributed by atoms with Crippen LogP contribution < -0.4 is 0 Å². The SMILES string of the molecule is CCCN(CC1CCC(n2c([C@@H](C)O)nc3cnc4ccsc4c32)CC1)C(=O)O. The summed E-state index contributed by atoms with van der Waals surface area (Å²) in [5.41, 5.74) is 2.87. The highest BCUT2D eigenvalue weighted by Crippen LogP contribution is 2.39. The Bertz CT molecular complexity index is 1000. The predicted molar refractivity (Wildman–Crippen MR) is 114 cm³/mol. The second kappa shape index (κ2) is 8.28. The van der Waals surface area contributed by atoms with E-state index in [4.69, 9.17) is 4.98 Å². The smallest absolute Gasteiger partial charge is 0.407 e. The van der Waals surface area contributed by atoms with Crippen molar-refractivity contribution >= 4 is 38.7 Å². The van der Waals surface area contributed by atoms with Crippen LogP contribution in [-0.4, -0.2) is 48.8 Å². The van der Waals surface area contributed by atoms with Gasteiger partial charge in [0.1, 0.15) is 17.4 Å². The number of pyridine rings is 1. The third-order valence-corrected chi connectivity index (χ3v) is 6.86.